The number of nitrogens with one attached hydrogen (secondary N) is 2. The lowest BCUT2D eigenvalue weighted by Gasteiger charge is -2.10. The van der Waals surface area contributed by atoms with E-state index < -0.39 is 12.3 Å². The van der Waals surface area contributed by atoms with E-state index in [-0.39, 0.29) is 23.4 Å². The molecule has 1 aromatic heterocycles. The maximum atomic E-state index is 12.2. The van der Waals surface area contributed by atoms with E-state index in [1.165, 1.54) is 24.3 Å². The summed E-state index contributed by atoms with van der Waals surface area (Å²) < 4.78 is 45.8. The number of carbonyl (C=O) groups excluding carboxylic acids is 1. The van der Waals surface area contributed by atoms with E-state index >= 15 is 0 Å². The lowest BCUT2D eigenvalue weighted by atomic mass is 10.1. The van der Waals surface area contributed by atoms with E-state index in [2.05, 4.69) is 25.5 Å². The van der Waals surface area contributed by atoms with Gasteiger partial charge in [0.2, 0.25) is 0 Å². The van der Waals surface area contributed by atoms with Gasteiger partial charge in [-0.05, 0) is 48.2 Å². The van der Waals surface area contributed by atoms with Crippen molar-refractivity contribution < 1.29 is 27.4 Å². The van der Waals surface area contributed by atoms with Crippen LogP contribution in [-0.4, -0.2) is 33.8 Å². The zero-order chi connectivity index (χ0) is 20.4. The molecule has 1 saturated carbocycles. The molecular formula is C19H15F3N4O3. The Morgan fingerprint density at radius 2 is 1.66 bits per heavy atom. The Hall–Kier alpha value is -3.56. The number of ether oxygens (including phenoxy) is 2. The average molecular weight is 404 g/mol. The van der Waals surface area contributed by atoms with Crippen LogP contribution in [0.5, 0.6) is 5.75 Å². The molecule has 1 aliphatic rings. The zero-order valence-electron chi connectivity index (χ0n) is 14.9. The Kier molecular flexibility index (Phi) is 4.83. The third-order valence-corrected chi connectivity index (χ3v) is 4.12. The third-order valence-electron chi connectivity index (χ3n) is 4.12. The van der Waals surface area contributed by atoms with Gasteiger partial charge in [0.15, 0.2) is 11.5 Å². The van der Waals surface area contributed by atoms with Crippen molar-refractivity contribution in [3.63, 3.8) is 0 Å². The van der Waals surface area contributed by atoms with Crippen LogP contribution in [0, 0.1) is 0 Å². The molecule has 0 aliphatic heterocycles. The molecule has 10 heteroatoms. The van der Waals surface area contributed by atoms with Crippen LogP contribution in [0.4, 0.5) is 24.7 Å². The fourth-order valence-corrected chi connectivity index (χ4v) is 2.59. The molecule has 0 radical (unpaired) electrons. The predicted octanol–water partition coefficient (Wildman–Crippen LogP) is 4.43. The fraction of sp³-hybridized carbons (Fsp3) is 0.211. The maximum Gasteiger partial charge on any atom is 0.573 e. The number of aromatic nitrogens is 3. The summed E-state index contributed by atoms with van der Waals surface area (Å²) in [6.45, 7) is 0. The summed E-state index contributed by atoms with van der Waals surface area (Å²) in [5.41, 5.74) is 2.31. The van der Waals surface area contributed by atoms with Gasteiger partial charge in [0.05, 0.1) is 0 Å². The van der Waals surface area contributed by atoms with E-state index in [9.17, 15) is 18.0 Å². The molecule has 150 valence electrons. The van der Waals surface area contributed by atoms with Gasteiger partial charge in [-0.1, -0.05) is 29.5 Å². The Balaban J connectivity index is 1.43. The number of hydrogen-bond acceptors (Lipinski definition) is 6. The topological polar surface area (TPSA) is 89.1 Å². The van der Waals surface area contributed by atoms with Gasteiger partial charge in [0, 0.05) is 5.69 Å². The number of anilines is 2. The average Bonchev–Trinajstić information content (AvgIpc) is 3.36. The number of H-pyrrole nitrogens is 1. The first kappa shape index (κ1) is 18.8. The number of carbonyl (C=O) groups is 1. The van der Waals surface area contributed by atoms with Crippen molar-refractivity contribution in [3.8, 4) is 16.9 Å². The van der Waals surface area contributed by atoms with Crippen LogP contribution < -0.4 is 10.1 Å². The number of aromatic amines is 1. The number of nitrogens with zero attached hydrogens (tertiary/aromatic N) is 2. The van der Waals surface area contributed by atoms with Crippen molar-refractivity contribution in [2.24, 2.45) is 0 Å². The zero-order valence-corrected chi connectivity index (χ0v) is 14.9. The second-order valence-corrected chi connectivity index (χ2v) is 6.41. The highest BCUT2D eigenvalue weighted by Crippen LogP contribution is 2.29. The van der Waals surface area contributed by atoms with Gasteiger partial charge in [0.25, 0.3) is 0 Å². The molecule has 4 rings (SSSR count). The second-order valence-electron chi connectivity index (χ2n) is 6.41. The smallest absolute Gasteiger partial charge is 0.458 e. The third kappa shape index (κ3) is 4.84. The second kappa shape index (κ2) is 7.46. The van der Waals surface area contributed by atoms with Crippen molar-refractivity contribution >= 4 is 17.5 Å². The molecule has 2 N–H and O–H groups in total. The summed E-state index contributed by atoms with van der Waals surface area (Å²) in [6, 6.07) is 12.6. The maximum absolute atomic E-state index is 12.2. The summed E-state index contributed by atoms with van der Waals surface area (Å²) >= 11 is 0. The number of hydrogen-bond donors (Lipinski definition) is 2. The van der Waals surface area contributed by atoms with Crippen LogP contribution >= 0.6 is 0 Å². The normalized spacial score (nSPS) is 13.8. The molecule has 0 amide bonds. The molecule has 0 saturated heterocycles. The minimum Gasteiger partial charge on any atom is -0.458 e. The standard InChI is InChI=1S/C19H15F3N4O3/c20-19(21,22)29-15-7-3-12(4-8-15)11-1-5-13(6-2-11)23-17-16(24-26-25-17)18(27)28-14-9-10-14/h1-8,14H,9-10H2,(H2,23,24,25,26). The van der Waals surface area contributed by atoms with Crippen LogP contribution in [0.25, 0.3) is 11.1 Å². The summed E-state index contributed by atoms with van der Waals surface area (Å²) in [6.07, 6.45) is -3.03. The van der Waals surface area contributed by atoms with Gasteiger partial charge in [-0.15, -0.1) is 18.3 Å². The van der Waals surface area contributed by atoms with Crippen LogP contribution in [-0.2, 0) is 4.74 Å². The molecule has 0 unspecified atom stereocenters. The van der Waals surface area contributed by atoms with Gasteiger partial charge >= 0.3 is 12.3 Å². The highest BCUT2D eigenvalue weighted by Gasteiger charge is 2.31. The molecule has 1 heterocycles. The quantitative estimate of drug-likeness (QED) is 0.591. The molecule has 3 aromatic rings. The monoisotopic (exact) mass is 404 g/mol. The molecule has 0 atom stereocenters. The number of halogens is 3. The van der Waals surface area contributed by atoms with E-state index in [1.54, 1.807) is 24.3 Å². The lowest BCUT2D eigenvalue weighted by Crippen LogP contribution is -2.16. The van der Waals surface area contributed by atoms with Gasteiger partial charge in [-0.25, -0.2) is 9.89 Å². The lowest BCUT2D eigenvalue weighted by molar-refractivity contribution is -0.274. The first-order valence-electron chi connectivity index (χ1n) is 8.73. The first-order chi connectivity index (χ1) is 13.9. The largest absolute Gasteiger partial charge is 0.573 e. The number of rotatable bonds is 6. The van der Waals surface area contributed by atoms with Gasteiger partial charge in [-0.2, -0.15) is 0 Å². The molecule has 2 aromatic carbocycles. The van der Waals surface area contributed by atoms with Crippen molar-refractivity contribution in [2.45, 2.75) is 25.3 Å². The van der Waals surface area contributed by atoms with Gasteiger partial charge < -0.3 is 14.8 Å². The van der Waals surface area contributed by atoms with Crippen molar-refractivity contribution in [3.05, 3.63) is 54.2 Å². The molecule has 1 fully saturated rings. The molecule has 29 heavy (non-hydrogen) atoms. The van der Waals surface area contributed by atoms with Gasteiger partial charge in [0.1, 0.15) is 11.9 Å². The summed E-state index contributed by atoms with van der Waals surface area (Å²) in [7, 11) is 0. The Bertz CT molecular complexity index is 997. The highest BCUT2D eigenvalue weighted by molar-refractivity contribution is 5.93. The van der Waals surface area contributed by atoms with E-state index in [1.807, 2.05) is 0 Å². The SMILES string of the molecule is O=C(OC1CC1)c1[nH]nnc1Nc1ccc(-c2ccc(OC(F)(F)F)cc2)cc1. The number of esters is 1. The van der Waals surface area contributed by atoms with E-state index in [4.69, 9.17) is 4.74 Å². The summed E-state index contributed by atoms with van der Waals surface area (Å²) in [4.78, 5) is 12.1. The Morgan fingerprint density at radius 3 is 2.24 bits per heavy atom. The molecule has 0 spiro atoms. The van der Waals surface area contributed by atoms with Crippen LogP contribution in [0.1, 0.15) is 23.3 Å². The highest BCUT2D eigenvalue weighted by atomic mass is 19.4. The Labute approximate surface area is 162 Å². The van der Waals surface area contributed by atoms with E-state index in [0.29, 0.717) is 5.69 Å². The molecule has 7 nitrogen and oxygen atoms in total. The fourth-order valence-electron chi connectivity index (χ4n) is 2.59. The van der Waals surface area contributed by atoms with Crippen LogP contribution in [0.2, 0.25) is 0 Å². The molecule has 0 bridgehead atoms. The van der Waals surface area contributed by atoms with Crippen LogP contribution in [0.3, 0.4) is 0 Å². The van der Waals surface area contributed by atoms with Crippen LogP contribution in [0.15, 0.2) is 48.5 Å². The minimum atomic E-state index is -4.72. The van der Waals surface area contributed by atoms with Crippen molar-refractivity contribution in [1.82, 2.24) is 15.4 Å². The van der Waals surface area contributed by atoms with Crippen molar-refractivity contribution in [1.29, 1.82) is 0 Å². The van der Waals surface area contributed by atoms with Gasteiger partial charge in [-0.3, -0.25) is 0 Å². The molecular weight excluding hydrogens is 389 g/mol. The number of alkyl halides is 3. The van der Waals surface area contributed by atoms with Crippen molar-refractivity contribution in [2.75, 3.05) is 5.32 Å². The summed E-state index contributed by atoms with van der Waals surface area (Å²) in [5, 5.41) is 13.0. The minimum absolute atomic E-state index is 0.0362. The van der Waals surface area contributed by atoms with E-state index in [0.717, 1.165) is 24.0 Å². The summed E-state index contributed by atoms with van der Waals surface area (Å²) in [5.74, 6) is -0.550. The predicted molar refractivity (Wildman–Crippen MR) is 96.7 cm³/mol. The first-order valence-corrected chi connectivity index (χ1v) is 8.73. The Morgan fingerprint density at radius 1 is 1.03 bits per heavy atom. The number of benzene rings is 2. The molecule has 1 aliphatic carbocycles.